The van der Waals surface area contributed by atoms with E-state index in [2.05, 4.69) is 10.2 Å². The number of carbonyl (C=O) groups is 1. The Bertz CT molecular complexity index is 651. The Labute approximate surface area is 123 Å². The highest BCUT2D eigenvalue weighted by Gasteiger charge is 2.10. The summed E-state index contributed by atoms with van der Waals surface area (Å²) in [6.45, 7) is 0.429. The van der Waals surface area contributed by atoms with Crippen molar-refractivity contribution in [1.82, 2.24) is 14.8 Å². The number of aryl methyl sites for hydroxylation is 1. The zero-order valence-electron chi connectivity index (χ0n) is 10.4. The van der Waals surface area contributed by atoms with Gasteiger partial charge in [0.25, 0.3) is 0 Å². The minimum absolute atomic E-state index is 0.134. The van der Waals surface area contributed by atoms with Gasteiger partial charge in [0.05, 0.1) is 5.75 Å². The van der Waals surface area contributed by atoms with E-state index in [-0.39, 0.29) is 11.4 Å². The van der Waals surface area contributed by atoms with Crippen molar-refractivity contribution in [2.24, 2.45) is 0 Å². The van der Waals surface area contributed by atoms with Crippen LogP contribution in [0.15, 0.2) is 34.2 Å². The fraction of sp³-hybridized carbons (Fsp3) is 0.250. The van der Waals surface area contributed by atoms with Crippen molar-refractivity contribution < 1.29 is 9.90 Å². The Morgan fingerprint density at radius 3 is 2.75 bits per heavy atom. The van der Waals surface area contributed by atoms with E-state index in [0.717, 1.165) is 17.3 Å². The fourth-order valence-electron chi connectivity index (χ4n) is 1.63. The SMILES string of the molecule is O=C(O)CSc1n[nH]c(=O)n1CCc1ccc(Cl)cc1. The standard InChI is InChI=1S/C12H12ClN3O3S/c13-9-3-1-8(2-4-9)5-6-16-11(19)14-15-12(16)20-7-10(17)18/h1-4H,5-7H2,(H,14,19)(H,17,18). The highest BCUT2D eigenvalue weighted by Crippen LogP contribution is 2.14. The molecule has 2 rings (SSSR count). The van der Waals surface area contributed by atoms with E-state index in [1.54, 1.807) is 12.1 Å². The number of rotatable bonds is 6. The van der Waals surface area contributed by atoms with E-state index >= 15 is 0 Å². The first-order chi connectivity index (χ1) is 9.56. The van der Waals surface area contributed by atoms with Crippen LogP contribution in [0.4, 0.5) is 0 Å². The van der Waals surface area contributed by atoms with E-state index in [0.29, 0.717) is 23.1 Å². The zero-order chi connectivity index (χ0) is 14.5. The van der Waals surface area contributed by atoms with Gasteiger partial charge in [-0.1, -0.05) is 35.5 Å². The summed E-state index contributed by atoms with van der Waals surface area (Å²) >= 11 is 6.82. The molecule has 1 aromatic heterocycles. The van der Waals surface area contributed by atoms with Crippen molar-refractivity contribution >= 4 is 29.3 Å². The molecule has 2 aromatic rings. The number of H-pyrrole nitrogens is 1. The molecule has 0 aliphatic heterocycles. The predicted molar refractivity (Wildman–Crippen MR) is 76.4 cm³/mol. The zero-order valence-corrected chi connectivity index (χ0v) is 11.9. The Hall–Kier alpha value is -1.73. The molecule has 1 aromatic carbocycles. The van der Waals surface area contributed by atoms with Gasteiger partial charge >= 0.3 is 11.7 Å². The lowest BCUT2D eigenvalue weighted by molar-refractivity contribution is -0.133. The van der Waals surface area contributed by atoms with Crippen molar-refractivity contribution in [3.05, 3.63) is 45.3 Å². The molecule has 6 nitrogen and oxygen atoms in total. The number of benzene rings is 1. The van der Waals surface area contributed by atoms with Crippen molar-refractivity contribution in [3.63, 3.8) is 0 Å². The largest absolute Gasteiger partial charge is 0.481 e. The molecule has 0 fully saturated rings. The number of hydrogen-bond donors (Lipinski definition) is 2. The van der Waals surface area contributed by atoms with Crippen LogP contribution in [0.2, 0.25) is 5.02 Å². The summed E-state index contributed by atoms with van der Waals surface area (Å²) < 4.78 is 1.43. The molecule has 2 N–H and O–H groups in total. The third-order valence-corrected chi connectivity index (χ3v) is 3.80. The van der Waals surface area contributed by atoms with Gasteiger partial charge in [-0.15, -0.1) is 5.10 Å². The number of aromatic amines is 1. The molecule has 0 amide bonds. The van der Waals surface area contributed by atoms with Crippen molar-refractivity contribution in [2.45, 2.75) is 18.1 Å². The minimum atomic E-state index is -0.949. The number of thioether (sulfide) groups is 1. The summed E-state index contributed by atoms with van der Waals surface area (Å²) in [6.07, 6.45) is 0.636. The number of nitrogens with one attached hydrogen (secondary N) is 1. The first kappa shape index (κ1) is 14.7. The van der Waals surface area contributed by atoms with Crippen molar-refractivity contribution in [1.29, 1.82) is 0 Å². The molecule has 0 radical (unpaired) electrons. The molecule has 0 aliphatic carbocycles. The Morgan fingerprint density at radius 1 is 1.40 bits per heavy atom. The molecule has 106 valence electrons. The molecule has 0 bridgehead atoms. The highest BCUT2D eigenvalue weighted by atomic mass is 35.5. The lowest BCUT2D eigenvalue weighted by Crippen LogP contribution is -2.19. The first-order valence-corrected chi connectivity index (χ1v) is 7.17. The average Bonchev–Trinajstić information content (AvgIpc) is 2.76. The third-order valence-electron chi connectivity index (χ3n) is 2.59. The molecule has 8 heteroatoms. The number of aliphatic carboxylic acids is 1. The number of hydrogen-bond acceptors (Lipinski definition) is 4. The molecule has 0 saturated carbocycles. The van der Waals surface area contributed by atoms with Gasteiger partial charge < -0.3 is 5.11 Å². The second-order valence-electron chi connectivity index (χ2n) is 4.02. The van der Waals surface area contributed by atoms with E-state index in [4.69, 9.17) is 16.7 Å². The van der Waals surface area contributed by atoms with Gasteiger partial charge in [-0.3, -0.25) is 9.36 Å². The van der Waals surface area contributed by atoms with Gasteiger partial charge in [-0.05, 0) is 24.1 Å². The van der Waals surface area contributed by atoms with Crippen LogP contribution in [-0.4, -0.2) is 31.6 Å². The van der Waals surface area contributed by atoms with Crippen LogP contribution in [0.25, 0.3) is 0 Å². The predicted octanol–water partition coefficient (Wildman–Crippen LogP) is 1.64. The van der Waals surface area contributed by atoms with Crippen LogP contribution in [0, 0.1) is 0 Å². The molecule has 0 spiro atoms. The van der Waals surface area contributed by atoms with Gasteiger partial charge in [0.1, 0.15) is 0 Å². The number of carboxylic acid groups (broad SMARTS) is 1. The molecule has 0 saturated heterocycles. The van der Waals surface area contributed by atoms with Crippen LogP contribution >= 0.6 is 23.4 Å². The van der Waals surface area contributed by atoms with E-state index in [1.807, 2.05) is 12.1 Å². The molecular weight excluding hydrogens is 302 g/mol. The summed E-state index contributed by atoms with van der Waals surface area (Å²) in [6, 6.07) is 7.35. The second kappa shape index (κ2) is 6.62. The monoisotopic (exact) mass is 313 g/mol. The van der Waals surface area contributed by atoms with Crippen LogP contribution in [0.1, 0.15) is 5.56 Å². The third kappa shape index (κ3) is 3.88. The van der Waals surface area contributed by atoms with Gasteiger partial charge in [0.2, 0.25) is 0 Å². The van der Waals surface area contributed by atoms with E-state index in [1.165, 1.54) is 4.57 Å². The summed E-state index contributed by atoms with van der Waals surface area (Å²) in [4.78, 5) is 22.2. The smallest absolute Gasteiger partial charge is 0.343 e. The summed E-state index contributed by atoms with van der Waals surface area (Å²) in [7, 11) is 0. The summed E-state index contributed by atoms with van der Waals surface area (Å²) in [5.41, 5.74) is 0.698. The van der Waals surface area contributed by atoms with Crippen molar-refractivity contribution in [3.8, 4) is 0 Å². The van der Waals surface area contributed by atoms with Gasteiger partial charge in [0, 0.05) is 11.6 Å². The average molecular weight is 314 g/mol. The Balaban J connectivity index is 2.05. The fourth-order valence-corrected chi connectivity index (χ4v) is 2.45. The van der Waals surface area contributed by atoms with E-state index < -0.39 is 5.97 Å². The minimum Gasteiger partial charge on any atom is -0.481 e. The molecule has 1 heterocycles. The quantitative estimate of drug-likeness (QED) is 0.792. The van der Waals surface area contributed by atoms with Gasteiger partial charge in [-0.2, -0.15) is 0 Å². The maximum Gasteiger partial charge on any atom is 0.343 e. The maximum atomic E-state index is 11.6. The number of nitrogens with zero attached hydrogens (tertiary/aromatic N) is 2. The molecular formula is C12H12ClN3O3S. The van der Waals surface area contributed by atoms with Crippen LogP contribution in [-0.2, 0) is 17.8 Å². The molecule has 0 unspecified atom stereocenters. The summed E-state index contributed by atoms with van der Waals surface area (Å²) in [5.74, 6) is -1.08. The second-order valence-corrected chi connectivity index (χ2v) is 5.40. The molecule has 20 heavy (non-hydrogen) atoms. The van der Waals surface area contributed by atoms with Crippen LogP contribution in [0.5, 0.6) is 0 Å². The number of aromatic nitrogens is 3. The Kier molecular flexibility index (Phi) is 4.86. The van der Waals surface area contributed by atoms with Crippen LogP contribution in [0.3, 0.4) is 0 Å². The summed E-state index contributed by atoms with van der Waals surface area (Å²) in [5, 5.41) is 15.8. The normalized spacial score (nSPS) is 10.7. The maximum absolute atomic E-state index is 11.6. The molecule has 0 aliphatic rings. The lowest BCUT2D eigenvalue weighted by atomic mass is 10.1. The topological polar surface area (TPSA) is 88.0 Å². The lowest BCUT2D eigenvalue weighted by Gasteiger charge is -2.05. The van der Waals surface area contributed by atoms with Crippen LogP contribution < -0.4 is 5.69 Å². The van der Waals surface area contributed by atoms with E-state index in [9.17, 15) is 9.59 Å². The Morgan fingerprint density at radius 2 is 2.10 bits per heavy atom. The molecule has 0 atom stereocenters. The number of carboxylic acids is 1. The van der Waals surface area contributed by atoms with Crippen molar-refractivity contribution in [2.75, 3.05) is 5.75 Å². The number of halogens is 1. The van der Waals surface area contributed by atoms with Gasteiger partial charge in [0.15, 0.2) is 5.16 Å². The first-order valence-electron chi connectivity index (χ1n) is 5.80. The van der Waals surface area contributed by atoms with Gasteiger partial charge in [-0.25, -0.2) is 9.89 Å². The highest BCUT2D eigenvalue weighted by molar-refractivity contribution is 7.99.